The van der Waals surface area contributed by atoms with E-state index in [1.165, 1.54) is 13.2 Å². The van der Waals surface area contributed by atoms with E-state index in [1.54, 1.807) is 36.1 Å². The van der Waals surface area contributed by atoms with E-state index in [-0.39, 0.29) is 48.6 Å². The summed E-state index contributed by atoms with van der Waals surface area (Å²) in [5.74, 6) is 0.996. The van der Waals surface area contributed by atoms with Gasteiger partial charge in [-0.2, -0.15) is 0 Å². The maximum atomic E-state index is 13.8. The molecule has 1 aliphatic carbocycles. The second-order valence-corrected chi connectivity index (χ2v) is 10.6. The van der Waals surface area contributed by atoms with Crippen LogP contribution in [0.5, 0.6) is 17.2 Å². The normalized spacial score (nSPS) is 20.4. The summed E-state index contributed by atoms with van der Waals surface area (Å²) in [5, 5.41) is 5.82. The Morgan fingerprint density at radius 3 is 2.64 bits per heavy atom. The Balaban J connectivity index is 1.32. The molecule has 3 amide bonds. The van der Waals surface area contributed by atoms with Crippen molar-refractivity contribution in [1.29, 1.82) is 0 Å². The molecule has 2 atom stereocenters. The number of benzene rings is 2. The second-order valence-electron chi connectivity index (χ2n) is 10.6. The molecule has 42 heavy (non-hydrogen) atoms. The minimum atomic E-state index is -0.577. The number of ether oxygens (including phenoxy) is 3. The van der Waals surface area contributed by atoms with E-state index >= 15 is 0 Å². The van der Waals surface area contributed by atoms with Gasteiger partial charge in [-0.15, -0.1) is 0 Å². The lowest BCUT2D eigenvalue weighted by molar-refractivity contribution is -0.123. The molecule has 11 nitrogen and oxygen atoms in total. The van der Waals surface area contributed by atoms with Crippen LogP contribution in [0, 0.1) is 6.92 Å². The fourth-order valence-corrected chi connectivity index (χ4v) is 5.66. The summed E-state index contributed by atoms with van der Waals surface area (Å²) in [7, 11) is 1.47. The molecule has 11 heteroatoms. The van der Waals surface area contributed by atoms with Crippen molar-refractivity contribution < 1.29 is 37.8 Å². The Morgan fingerprint density at radius 2 is 1.86 bits per heavy atom. The predicted molar refractivity (Wildman–Crippen MR) is 149 cm³/mol. The van der Waals surface area contributed by atoms with Crippen molar-refractivity contribution in [2.75, 3.05) is 26.8 Å². The number of rotatable bonds is 2. The van der Waals surface area contributed by atoms with Crippen molar-refractivity contribution in [3.05, 3.63) is 76.2 Å². The minimum Gasteiger partial charge on any atom is -0.493 e. The second kappa shape index (κ2) is 11.2. The molecule has 1 fully saturated rings. The largest absolute Gasteiger partial charge is 0.493 e. The summed E-state index contributed by atoms with van der Waals surface area (Å²) in [4.78, 5) is 54.0. The first-order valence-corrected chi connectivity index (χ1v) is 13.9. The Bertz CT molecular complexity index is 1560. The third kappa shape index (κ3) is 5.29. The van der Waals surface area contributed by atoms with E-state index in [2.05, 4.69) is 10.6 Å². The Kier molecular flexibility index (Phi) is 7.32. The van der Waals surface area contributed by atoms with Crippen LogP contribution in [0.15, 0.2) is 46.9 Å². The zero-order chi connectivity index (χ0) is 29.4. The highest BCUT2D eigenvalue weighted by atomic mass is 16.5. The van der Waals surface area contributed by atoms with E-state index in [1.807, 2.05) is 12.1 Å². The Morgan fingerprint density at radius 1 is 1.05 bits per heavy atom. The first-order valence-electron chi connectivity index (χ1n) is 13.9. The van der Waals surface area contributed by atoms with E-state index in [4.69, 9.17) is 18.6 Å². The third-order valence-electron chi connectivity index (χ3n) is 7.81. The lowest BCUT2D eigenvalue weighted by Gasteiger charge is -2.21. The van der Waals surface area contributed by atoms with Gasteiger partial charge in [-0.05, 0) is 49.2 Å². The number of aryl methyl sites for hydroxylation is 2. The van der Waals surface area contributed by atoms with E-state index in [0.29, 0.717) is 60.0 Å². The van der Waals surface area contributed by atoms with Crippen LogP contribution in [0.25, 0.3) is 0 Å². The van der Waals surface area contributed by atoms with Crippen molar-refractivity contribution in [3.8, 4) is 17.2 Å². The number of fused-ring (bicyclic) bond motifs is 8. The molecule has 4 bridgehead atoms. The smallest absolute Gasteiger partial charge is 0.258 e. The molecule has 4 aliphatic rings. The van der Waals surface area contributed by atoms with Gasteiger partial charge < -0.3 is 34.2 Å². The standard InChI is InChI=1S/C31H31N3O8/c1-17-28(29-22(35)4-3-5-24(29)41-17)31(38)34-14-21-26(15-34)42-20-9-6-18(7-10-20)13-32-27(36)16-40-25-12-19(30(37)33-21)8-11-23(25)39-2/h6-12,21,26H,3-5,13-16H2,1-2H3,(H,32,36)(H,33,37)/t21-,26-/m0/s1. The fourth-order valence-electron chi connectivity index (χ4n) is 5.66. The Labute approximate surface area is 242 Å². The number of likely N-dealkylation sites (tertiary alicyclic amines) is 1. The average Bonchev–Trinajstić information content (AvgIpc) is 3.55. The Hall–Kier alpha value is -4.80. The van der Waals surface area contributed by atoms with Gasteiger partial charge in [0.2, 0.25) is 0 Å². The number of amides is 3. The number of furan rings is 1. The summed E-state index contributed by atoms with van der Waals surface area (Å²) in [5.41, 5.74) is 1.81. The number of ketones is 1. The molecule has 4 heterocycles. The zero-order valence-electron chi connectivity index (χ0n) is 23.4. The van der Waals surface area contributed by atoms with Crippen LogP contribution in [0.3, 0.4) is 0 Å². The van der Waals surface area contributed by atoms with E-state index < -0.39 is 18.1 Å². The lowest BCUT2D eigenvalue weighted by Crippen LogP contribution is -2.45. The van der Waals surface area contributed by atoms with Gasteiger partial charge in [0, 0.05) is 31.5 Å². The summed E-state index contributed by atoms with van der Waals surface area (Å²) < 4.78 is 23.2. The maximum absolute atomic E-state index is 13.8. The van der Waals surface area contributed by atoms with Crippen molar-refractivity contribution in [1.82, 2.24) is 15.5 Å². The van der Waals surface area contributed by atoms with E-state index in [0.717, 1.165) is 5.56 Å². The highest BCUT2D eigenvalue weighted by Gasteiger charge is 2.41. The van der Waals surface area contributed by atoms with Crippen LogP contribution in [0.1, 0.15) is 61.0 Å². The number of hydrogen-bond donors (Lipinski definition) is 2. The SMILES string of the molecule is COc1ccc2cc1OCC(=O)NCc1ccc(cc1)O[C@H]1CN(C(=O)c3c(C)oc4c3C(=O)CCC4)C[C@@H]1NC2=O. The van der Waals surface area contributed by atoms with Gasteiger partial charge in [0.15, 0.2) is 23.9 Å². The molecule has 0 unspecified atom stereocenters. The lowest BCUT2D eigenvalue weighted by atomic mass is 9.93. The van der Waals surface area contributed by atoms with Gasteiger partial charge in [0.25, 0.3) is 17.7 Å². The molecule has 1 aromatic heterocycles. The van der Waals surface area contributed by atoms with Crippen LogP contribution in [0.2, 0.25) is 0 Å². The minimum absolute atomic E-state index is 0.0877. The molecule has 0 spiro atoms. The van der Waals surface area contributed by atoms with Crippen LogP contribution in [-0.2, 0) is 17.8 Å². The van der Waals surface area contributed by atoms with Crippen LogP contribution in [0.4, 0.5) is 0 Å². The average molecular weight is 574 g/mol. The fraction of sp³-hybridized carbons (Fsp3) is 0.355. The molecule has 2 N–H and O–H groups in total. The molecule has 0 radical (unpaired) electrons. The molecule has 3 aliphatic heterocycles. The topological polar surface area (TPSA) is 136 Å². The number of hydrogen-bond acceptors (Lipinski definition) is 8. The third-order valence-corrected chi connectivity index (χ3v) is 7.81. The molecular weight excluding hydrogens is 542 g/mol. The number of Topliss-reactive ketones (excluding diaryl/α,β-unsaturated/α-hetero) is 1. The van der Waals surface area contributed by atoms with Crippen LogP contribution < -0.4 is 24.8 Å². The van der Waals surface area contributed by atoms with Gasteiger partial charge >= 0.3 is 0 Å². The van der Waals surface area contributed by atoms with Crippen LogP contribution >= 0.6 is 0 Å². The summed E-state index contributed by atoms with van der Waals surface area (Å²) in [6.45, 7) is 2.08. The maximum Gasteiger partial charge on any atom is 0.258 e. The number of nitrogens with one attached hydrogen (secondary N) is 2. The predicted octanol–water partition coefficient (Wildman–Crippen LogP) is 2.83. The van der Waals surface area contributed by atoms with Crippen molar-refractivity contribution in [2.45, 2.75) is 44.9 Å². The summed E-state index contributed by atoms with van der Waals surface area (Å²) in [6, 6.07) is 11.4. The first kappa shape index (κ1) is 27.4. The van der Waals surface area contributed by atoms with Gasteiger partial charge in [-0.1, -0.05) is 12.1 Å². The van der Waals surface area contributed by atoms with Crippen LogP contribution in [-0.4, -0.2) is 67.4 Å². The van der Waals surface area contributed by atoms with Gasteiger partial charge in [-0.25, -0.2) is 0 Å². The molecule has 3 aromatic rings. The van der Waals surface area contributed by atoms with Gasteiger partial charge in [0.05, 0.1) is 30.8 Å². The van der Waals surface area contributed by atoms with Crippen molar-refractivity contribution in [3.63, 3.8) is 0 Å². The van der Waals surface area contributed by atoms with Crippen molar-refractivity contribution >= 4 is 23.5 Å². The van der Waals surface area contributed by atoms with E-state index in [9.17, 15) is 19.2 Å². The van der Waals surface area contributed by atoms with Crippen molar-refractivity contribution in [2.24, 2.45) is 0 Å². The molecule has 2 aromatic carbocycles. The number of carbonyl (C=O) groups excluding carboxylic acids is 4. The number of methoxy groups -OCH3 is 1. The molecular formula is C31H31N3O8. The molecule has 0 saturated carbocycles. The van der Waals surface area contributed by atoms with Gasteiger partial charge in [-0.3, -0.25) is 19.2 Å². The monoisotopic (exact) mass is 573 g/mol. The number of carbonyl (C=O) groups is 4. The first-order chi connectivity index (χ1) is 20.3. The summed E-state index contributed by atoms with van der Waals surface area (Å²) >= 11 is 0. The molecule has 7 rings (SSSR count). The quantitative estimate of drug-likeness (QED) is 0.478. The van der Waals surface area contributed by atoms with Gasteiger partial charge in [0.1, 0.15) is 23.4 Å². The molecule has 218 valence electrons. The molecule has 1 saturated heterocycles. The summed E-state index contributed by atoms with van der Waals surface area (Å²) in [6.07, 6.45) is 1.12. The highest BCUT2D eigenvalue weighted by Crippen LogP contribution is 2.32. The highest BCUT2D eigenvalue weighted by molar-refractivity contribution is 6.10. The zero-order valence-corrected chi connectivity index (χ0v) is 23.4. The number of nitrogens with zero attached hydrogens (tertiary/aromatic N) is 1.